The van der Waals surface area contributed by atoms with Crippen LogP contribution in [0.1, 0.15) is 31.2 Å². The summed E-state index contributed by atoms with van der Waals surface area (Å²) in [5.41, 5.74) is 1.13. The van der Waals surface area contributed by atoms with Crippen LogP contribution in [0.15, 0.2) is 24.3 Å². The lowest BCUT2D eigenvalue weighted by molar-refractivity contribution is 0.309. The monoisotopic (exact) mass is 336 g/mol. The Balaban J connectivity index is 1.89. The summed E-state index contributed by atoms with van der Waals surface area (Å²) in [4.78, 5) is 0. The van der Waals surface area contributed by atoms with Crippen molar-refractivity contribution in [2.75, 3.05) is 12.9 Å². The van der Waals surface area contributed by atoms with Crippen molar-refractivity contribution < 1.29 is 13.2 Å². The van der Waals surface area contributed by atoms with Crippen LogP contribution in [0.3, 0.4) is 0 Å². The van der Waals surface area contributed by atoms with Gasteiger partial charge in [-0.05, 0) is 30.5 Å². The molecule has 1 aliphatic rings. The first-order valence-corrected chi connectivity index (χ1v) is 9.73. The fourth-order valence-electron chi connectivity index (χ4n) is 2.87. The molecule has 1 saturated carbocycles. The van der Waals surface area contributed by atoms with Crippen LogP contribution in [-0.4, -0.2) is 33.4 Å². The van der Waals surface area contributed by atoms with Crippen LogP contribution < -0.4 is 14.8 Å². The lowest BCUT2D eigenvalue weighted by Gasteiger charge is -2.32. The SMILES string of the molecule is C#CCOc1ccc(CN[C@@H]2CCCC[C@H]2NS(C)(=O)=O)cc1. The summed E-state index contributed by atoms with van der Waals surface area (Å²) < 4.78 is 31.0. The maximum Gasteiger partial charge on any atom is 0.209 e. The molecule has 0 heterocycles. The van der Waals surface area contributed by atoms with Crippen molar-refractivity contribution in [1.82, 2.24) is 10.0 Å². The number of hydrogen-bond acceptors (Lipinski definition) is 4. The summed E-state index contributed by atoms with van der Waals surface area (Å²) in [5, 5.41) is 3.47. The molecular formula is C17H24N2O3S. The van der Waals surface area contributed by atoms with E-state index in [2.05, 4.69) is 16.0 Å². The molecule has 1 aromatic rings. The molecule has 2 atom stereocenters. The quantitative estimate of drug-likeness (QED) is 0.743. The van der Waals surface area contributed by atoms with Crippen molar-refractivity contribution in [3.63, 3.8) is 0 Å². The van der Waals surface area contributed by atoms with E-state index in [1.165, 1.54) is 6.26 Å². The first-order chi connectivity index (χ1) is 11.0. The Labute approximate surface area is 138 Å². The number of ether oxygens (including phenoxy) is 1. The number of benzene rings is 1. The second kappa shape index (κ2) is 8.34. The third-order valence-electron chi connectivity index (χ3n) is 3.95. The Morgan fingerprint density at radius 3 is 2.48 bits per heavy atom. The van der Waals surface area contributed by atoms with E-state index >= 15 is 0 Å². The summed E-state index contributed by atoms with van der Waals surface area (Å²) in [5.74, 6) is 3.18. The van der Waals surface area contributed by atoms with Crippen LogP contribution in [0.4, 0.5) is 0 Å². The normalized spacial score (nSPS) is 21.6. The highest BCUT2D eigenvalue weighted by Crippen LogP contribution is 2.20. The van der Waals surface area contributed by atoms with Crippen LogP contribution in [0.5, 0.6) is 5.75 Å². The van der Waals surface area contributed by atoms with Crippen molar-refractivity contribution in [2.24, 2.45) is 0 Å². The van der Waals surface area contributed by atoms with E-state index in [-0.39, 0.29) is 18.7 Å². The summed E-state index contributed by atoms with van der Waals surface area (Å²) in [6.45, 7) is 0.959. The molecule has 1 aromatic carbocycles. The van der Waals surface area contributed by atoms with E-state index in [0.29, 0.717) is 6.54 Å². The van der Waals surface area contributed by atoms with Gasteiger partial charge in [0.15, 0.2) is 0 Å². The molecule has 1 fully saturated rings. The van der Waals surface area contributed by atoms with Gasteiger partial charge in [-0.2, -0.15) is 0 Å². The molecular weight excluding hydrogens is 312 g/mol. The van der Waals surface area contributed by atoms with Gasteiger partial charge >= 0.3 is 0 Å². The van der Waals surface area contributed by atoms with Crippen LogP contribution in [-0.2, 0) is 16.6 Å². The molecule has 1 aliphatic carbocycles. The standard InChI is InChI=1S/C17H24N2O3S/c1-3-12-22-15-10-8-14(9-11-15)13-18-16-6-4-5-7-17(16)19-23(2,20)21/h1,8-11,16-19H,4-7,12-13H2,2H3/t16-,17-/m1/s1. The lowest BCUT2D eigenvalue weighted by atomic mass is 9.91. The predicted molar refractivity (Wildman–Crippen MR) is 91.6 cm³/mol. The average Bonchev–Trinajstić information content (AvgIpc) is 2.51. The van der Waals surface area contributed by atoms with Gasteiger partial charge in [-0.15, -0.1) is 6.42 Å². The van der Waals surface area contributed by atoms with Gasteiger partial charge < -0.3 is 10.1 Å². The minimum Gasteiger partial charge on any atom is -0.481 e. The third kappa shape index (κ3) is 6.22. The topological polar surface area (TPSA) is 67.4 Å². The second-order valence-electron chi connectivity index (χ2n) is 5.91. The second-order valence-corrected chi connectivity index (χ2v) is 7.69. The molecule has 0 unspecified atom stereocenters. The Morgan fingerprint density at radius 2 is 1.87 bits per heavy atom. The molecule has 0 spiro atoms. The van der Waals surface area contributed by atoms with Gasteiger partial charge in [-0.1, -0.05) is 30.9 Å². The molecule has 6 heteroatoms. The number of nitrogens with one attached hydrogen (secondary N) is 2. The Hall–Kier alpha value is -1.55. The van der Waals surface area contributed by atoms with Gasteiger partial charge in [0.1, 0.15) is 12.4 Å². The fourth-order valence-corrected chi connectivity index (χ4v) is 3.70. The number of rotatable bonds is 7. The zero-order valence-electron chi connectivity index (χ0n) is 13.4. The van der Waals surface area contributed by atoms with E-state index in [1.807, 2.05) is 24.3 Å². The summed E-state index contributed by atoms with van der Waals surface area (Å²) in [6.07, 6.45) is 10.4. The number of hydrogen-bond donors (Lipinski definition) is 2. The smallest absolute Gasteiger partial charge is 0.209 e. The van der Waals surface area contributed by atoms with Gasteiger partial charge in [-0.25, -0.2) is 13.1 Å². The van der Waals surface area contributed by atoms with E-state index < -0.39 is 10.0 Å². The molecule has 5 nitrogen and oxygen atoms in total. The lowest BCUT2D eigenvalue weighted by Crippen LogP contribution is -2.51. The fraction of sp³-hybridized carbons (Fsp3) is 0.529. The Morgan fingerprint density at radius 1 is 1.22 bits per heavy atom. The molecule has 0 bridgehead atoms. The minimum atomic E-state index is -3.18. The molecule has 126 valence electrons. The number of sulfonamides is 1. The number of terminal acetylenes is 1. The van der Waals surface area contributed by atoms with Gasteiger partial charge in [0.25, 0.3) is 0 Å². The van der Waals surface area contributed by atoms with E-state index in [0.717, 1.165) is 37.0 Å². The molecule has 0 radical (unpaired) electrons. The summed E-state index contributed by atoms with van der Waals surface area (Å²) in [7, 11) is -3.18. The zero-order chi connectivity index (χ0) is 16.7. The van der Waals surface area contributed by atoms with Crippen molar-refractivity contribution in [1.29, 1.82) is 0 Å². The van der Waals surface area contributed by atoms with E-state index in [1.54, 1.807) is 0 Å². The molecule has 0 amide bonds. The largest absolute Gasteiger partial charge is 0.481 e. The molecule has 23 heavy (non-hydrogen) atoms. The van der Waals surface area contributed by atoms with Gasteiger partial charge in [0.05, 0.1) is 6.26 Å². The van der Waals surface area contributed by atoms with Crippen LogP contribution in [0.25, 0.3) is 0 Å². The maximum absolute atomic E-state index is 11.5. The van der Waals surface area contributed by atoms with Gasteiger partial charge in [0, 0.05) is 18.6 Å². The van der Waals surface area contributed by atoms with E-state index in [9.17, 15) is 8.42 Å². The van der Waals surface area contributed by atoms with Crippen LogP contribution in [0.2, 0.25) is 0 Å². The molecule has 2 rings (SSSR count). The predicted octanol–water partition coefficient (Wildman–Crippen LogP) is 1.65. The first kappa shape index (κ1) is 17.8. The zero-order valence-corrected chi connectivity index (χ0v) is 14.2. The maximum atomic E-state index is 11.5. The van der Waals surface area contributed by atoms with E-state index in [4.69, 9.17) is 11.2 Å². The van der Waals surface area contributed by atoms with Crippen molar-refractivity contribution in [3.8, 4) is 18.1 Å². The first-order valence-electron chi connectivity index (χ1n) is 7.84. The van der Waals surface area contributed by atoms with Crippen molar-refractivity contribution >= 4 is 10.0 Å². The summed E-state index contributed by atoms with van der Waals surface area (Å²) >= 11 is 0. The highest BCUT2D eigenvalue weighted by Gasteiger charge is 2.26. The highest BCUT2D eigenvalue weighted by atomic mass is 32.2. The van der Waals surface area contributed by atoms with Crippen LogP contribution >= 0.6 is 0 Å². The molecule has 2 N–H and O–H groups in total. The van der Waals surface area contributed by atoms with Gasteiger partial charge in [-0.3, -0.25) is 0 Å². The highest BCUT2D eigenvalue weighted by molar-refractivity contribution is 7.88. The van der Waals surface area contributed by atoms with Crippen LogP contribution in [0, 0.1) is 12.3 Å². The van der Waals surface area contributed by atoms with Crippen molar-refractivity contribution in [3.05, 3.63) is 29.8 Å². The molecule has 0 aliphatic heterocycles. The van der Waals surface area contributed by atoms with Crippen molar-refractivity contribution in [2.45, 2.75) is 44.3 Å². The average molecular weight is 336 g/mol. The Bertz CT molecular complexity index is 635. The molecule has 0 aromatic heterocycles. The minimum absolute atomic E-state index is 0.0306. The third-order valence-corrected chi connectivity index (χ3v) is 4.68. The summed E-state index contributed by atoms with van der Waals surface area (Å²) in [6, 6.07) is 7.89. The molecule has 0 saturated heterocycles. The Kier molecular flexibility index (Phi) is 6.46. The van der Waals surface area contributed by atoms with Gasteiger partial charge in [0.2, 0.25) is 10.0 Å².